The Morgan fingerprint density at radius 2 is 1.95 bits per heavy atom. The molecule has 2 heterocycles. The van der Waals surface area contributed by atoms with Crippen LogP contribution < -0.4 is 11.1 Å². The van der Waals surface area contributed by atoms with Gasteiger partial charge in [-0.3, -0.25) is 4.98 Å². The van der Waals surface area contributed by atoms with Crippen LogP contribution in [0.5, 0.6) is 0 Å². The lowest BCUT2D eigenvalue weighted by Crippen LogP contribution is -2.24. The summed E-state index contributed by atoms with van der Waals surface area (Å²) in [6.45, 7) is 10.0. The van der Waals surface area contributed by atoms with Crippen molar-refractivity contribution >= 4 is 22.4 Å². The molecule has 0 amide bonds. The fourth-order valence-electron chi connectivity index (χ4n) is 2.66. The zero-order valence-corrected chi connectivity index (χ0v) is 13.9. The van der Waals surface area contributed by atoms with E-state index in [1.165, 1.54) is 11.5 Å². The van der Waals surface area contributed by atoms with E-state index in [1.54, 1.807) is 6.20 Å². The summed E-state index contributed by atoms with van der Waals surface area (Å²) in [6.07, 6.45) is 3.59. The molecule has 2 rings (SSSR count). The first-order valence-electron chi connectivity index (χ1n) is 7.40. The van der Waals surface area contributed by atoms with Crippen molar-refractivity contribution in [3.05, 3.63) is 24.5 Å². The van der Waals surface area contributed by atoms with Gasteiger partial charge in [-0.05, 0) is 35.4 Å². The van der Waals surface area contributed by atoms with Gasteiger partial charge in [0.1, 0.15) is 10.8 Å². The summed E-state index contributed by atoms with van der Waals surface area (Å²) in [6, 6.07) is 3.93. The molecule has 0 atom stereocenters. The van der Waals surface area contributed by atoms with Gasteiger partial charge < -0.3 is 11.1 Å². The number of nitrogens with two attached hydrogens (primary N) is 1. The van der Waals surface area contributed by atoms with Crippen molar-refractivity contribution < 1.29 is 0 Å². The van der Waals surface area contributed by atoms with Crippen LogP contribution in [0.15, 0.2) is 24.5 Å². The standard InChI is InChI=1S/C16H24N4S/c1-10(2)13(11(3)4)9-19-16-14(15(17)20-21-16)12-6-5-7-18-8-12/h5-8,10-11,13,19H,9H2,1-4H3,(H2,17,20). The van der Waals surface area contributed by atoms with Gasteiger partial charge >= 0.3 is 0 Å². The second-order valence-corrected chi connectivity index (χ2v) is 6.82. The van der Waals surface area contributed by atoms with E-state index in [0.717, 1.165) is 22.7 Å². The molecule has 0 bridgehead atoms. The molecular weight excluding hydrogens is 280 g/mol. The highest BCUT2D eigenvalue weighted by molar-refractivity contribution is 7.11. The highest BCUT2D eigenvalue weighted by Crippen LogP contribution is 2.36. The maximum atomic E-state index is 6.03. The summed E-state index contributed by atoms with van der Waals surface area (Å²) in [4.78, 5) is 4.17. The molecule has 4 nitrogen and oxygen atoms in total. The molecule has 0 unspecified atom stereocenters. The summed E-state index contributed by atoms with van der Waals surface area (Å²) >= 11 is 1.42. The molecule has 2 aromatic rings. The van der Waals surface area contributed by atoms with Crippen LogP contribution in [0.25, 0.3) is 11.1 Å². The zero-order chi connectivity index (χ0) is 15.4. The van der Waals surface area contributed by atoms with Crippen LogP contribution in [-0.2, 0) is 0 Å². The third kappa shape index (κ3) is 3.73. The largest absolute Gasteiger partial charge is 0.382 e. The quantitative estimate of drug-likeness (QED) is 0.842. The maximum Gasteiger partial charge on any atom is 0.147 e. The van der Waals surface area contributed by atoms with Gasteiger partial charge in [0.2, 0.25) is 0 Å². The molecular formula is C16H24N4S. The lowest BCUT2D eigenvalue weighted by Gasteiger charge is -2.25. The van der Waals surface area contributed by atoms with Crippen LogP contribution in [-0.4, -0.2) is 15.9 Å². The van der Waals surface area contributed by atoms with Crippen LogP contribution in [0.2, 0.25) is 0 Å². The van der Waals surface area contributed by atoms with Crippen molar-refractivity contribution in [1.29, 1.82) is 0 Å². The second kappa shape index (κ2) is 6.89. The van der Waals surface area contributed by atoms with Gasteiger partial charge in [-0.15, -0.1) is 0 Å². The Balaban J connectivity index is 2.19. The van der Waals surface area contributed by atoms with Gasteiger partial charge in [0, 0.05) is 24.5 Å². The highest BCUT2D eigenvalue weighted by Gasteiger charge is 2.19. The van der Waals surface area contributed by atoms with Gasteiger partial charge in [-0.1, -0.05) is 33.8 Å². The number of nitrogens with one attached hydrogen (secondary N) is 1. The van der Waals surface area contributed by atoms with Crippen LogP contribution in [0, 0.1) is 17.8 Å². The van der Waals surface area contributed by atoms with E-state index in [-0.39, 0.29) is 0 Å². The van der Waals surface area contributed by atoms with Crippen LogP contribution in [0.1, 0.15) is 27.7 Å². The zero-order valence-electron chi connectivity index (χ0n) is 13.1. The number of pyridine rings is 1. The summed E-state index contributed by atoms with van der Waals surface area (Å²) in [5.74, 6) is 2.48. The number of aromatic nitrogens is 2. The topological polar surface area (TPSA) is 63.8 Å². The second-order valence-electron chi connectivity index (χ2n) is 6.05. The van der Waals surface area contributed by atoms with Crippen molar-refractivity contribution in [3.63, 3.8) is 0 Å². The average molecular weight is 304 g/mol. The van der Waals surface area contributed by atoms with E-state index in [0.29, 0.717) is 23.6 Å². The van der Waals surface area contributed by atoms with Gasteiger partial charge in [0.15, 0.2) is 0 Å². The van der Waals surface area contributed by atoms with E-state index >= 15 is 0 Å². The maximum absolute atomic E-state index is 6.03. The van der Waals surface area contributed by atoms with Gasteiger partial charge in [-0.25, -0.2) is 0 Å². The van der Waals surface area contributed by atoms with Crippen LogP contribution >= 0.6 is 11.5 Å². The van der Waals surface area contributed by atoms with Crippen molar-refractivity contribution in [2.24, 2.45) is 17.8 Å². The molecule has 0 aromatic carbocycles. The predicted octanol–water partition coefficient (Wildman–Crippen LogP) is 4.13. The molecule has 0 saturated heterocycles. The van der Waals surface area contributed by atoms with Gasteiger partial charge in [0.25, 0.3) is 0 Å². The summed E-state index contributed by atoms with van der Waals surface area (Å²) in [5.41, 5.74) is 8.01. The molecule has 0 saturated carbocycles. The molecule has 0 fully saturated rings. The average Bonchev–Trinajstić information content (AvgIpc) is 2.80. The van der Waals surface area contributed by atoms with E-state index in [9.17, 15) is 0 Å². The fraction of sp³-hybridized carbons (Fsp3) is 0.500. The molecule has 5 heteroatoms. The summed E-state index contributed by atoms with van der Waals surface area (Å²) in [7, 11) is 0. The van der Waals surface area contributed by atoms with Crippen molar-refractivity contribution in [3.8, 4) is 11.1 Å². The smallest absolute Gasteiger partial charge is 0.147 e. The molecule has 0 aliphatic carbocycles. The Kier molecular flexibility index (Phi) is 5.17. The summed E-state index contributed by atoms with van der Waals surface area (Å²) < 4.78 is 4.29. The Hall–Kier alpha value is -1.62. The minimum atomic E-state index is 0.571. The number of rotatable bonds is 6. The van der Waals surface area contributed by atoms with Crippen molar-refractivity contribution in [2.75, 3.05) is 17.6 Å². The van der Waals surface area contributed by atoms with Gasteiger partial charge in [0.05, 0.1) is 5.56 Å². The van der Waals surface area contributed by atoms with Crippen molar-refractivity contribution in [1.82, 2.24) is 9.36 Å². The Bertz CT molecular complexity index is 555. The first kappa shape index (κ1) is 15.8. The van der Waals surface area contributed by atoms with Gasteiger partial charge in [-0.2, -0.15) is 4.37 Å². The van der Waals surface area contributed by atoms with E-state index in [4.69, 9.17) is 5.73 Å². The first-order valence-corrected chi connectivity index (χ1v) is 8.17. The van der Waals surface area contributed by atoms with E-state index in [1.807, 2.05) is 18.3 Å². The minimum Gasteiger partial charge on any atom is -0.382 e. The van der Waals surface area contributed by atoms with Crippen LogP contribution in [0.3, 0.4) is 0 Å². The summed E-state index contributed by atoms with van der Waals surface area (Å²) in [5, 5.41) is 4.58. The van der Waals surface area contributed by atoms with Crippen LogP contribution in [0.4, 0.5) is 10.8 Å². The monoisotopic (exact) mass is 304 g/mol. The number of nitrogens with zero attached hydrogens (tertiary/aromatic N) is 2. The molecule has 0 aliphatic heterocycles. The fourth-order valence-corrected chi connectivity index (χ4v) is 3.41. The molecule has 114 valence electrons. The lowest BCUT2D eigenvalue weighted by atomic mass is 9.85. The molecule has 0 aliphatic rings. The third-order valence-electron chi connectivity index (χ3n) is 3.88. The number of anilines is 2. The molecule has 2 aromatic heterocycles. The molecule has 21 heavy (non-hydrogen) atoms. The normalized spacial score (nSPS) is 11.6. The first-order chi connectivity index (χ1) is 10.0. The van der Waals surface area contributed by atoms with E-state index < -0.39 is 0 Å². The molecule has 3 N–H and O–H groups in total. The number of nitrogen functional groups attached to an aromatic ring is 1. The highest BCUT2D eigenvalue weighted by atomic mass is 32.1. The molecule has 0 spiro atoms. The minimum absolute atomic E-state index is 0.571. The SMILES string of the molecule is CC(C)C(CNc1snc(N)c1-c1cccnc1)C(C)C. The number of hydrogen-bond donors (Lipinski definition) is 2. The lowest BCUT2D eigenvalue weighted by molar-refractivity contribution is 0.304. The van der Waals surface area contributed by atoms with Crippen molar-refractivity contribution in [2.45, 2.75) is 27.7 Å². The number of hydrogen-bond acceptors (Lipinski definition) is 5. The third-order valence-corrected chi connectivity index (χ3v) is 4.70. The Morgan fingerprint density at radius 1 is 1.24 bits per heavy atom. The molecule has 0 radical (unpaired) electrons. The van der Waals surface area contributed by atoms with E-state index in [2.05, 4.69) is 42.4 Å². The predicted molar refractivity (Wildman–Crippen MR) is 91.4 cm³/mol. The Morgan fingerprint density at radius 3 is 2.52 bits per heavy atom. The Labute approximate surface area is 131 Å².